The van der Waals surface area contributed by atoms with Gasteiger partial charge in [-0.05, 0) is 60.9 Å². The summed E-state index contributed by atoms with van der Waals surface area (Å²) in [5.74, 6) is 0.487. The molecule has 166 valence electrons. The van der Waals surface area contributed by atoms with Gasteiger partial charge in [-0.25, -0.2) is 0 Å². The molecule has 1 fully saturated rings. The molecule has 3 aromatic rings. The molecule has 10 heteroatoms. The van der Waals surface area contributed by atoms with Crippen LogP contribution in [0.15, 0.2) is 42.5 Å². The van der Waals surface area contributed by atoms with Gasteiger partial charge in [0.05, 0.1) is 17.1 Å². The Bertz CT molecular complexity index is 1040. The molecule has 1 aliphatic rings. The van der Waals surface area contributed by atoms with Crippen molar-refractivity contribution in [3.63, 3.8) is 0 Å². The van der Waals surface area contributed by atoms with E-state index in [1.165, 1.54) is 6.07 Å². The van der Waals surface area contributed by atoms with Gasteiger partial charge in [-0.2, -0.15) is 13.2 Å². The van der Waals surface area contributed by atoms with Crippen LogP contribution in [-0.2, 0) is 6.18 Å². The number of hydrogen-bond acceptors (Lipinski definition) is 6. The number of anilines is 2. The molecule has 4 rings (SSSR count). The van der Waals surface area contributed by atoms with Crippen molar-refractivity contribution in [1.29, 1.82) is 0 Å². The molecule has 31 heavy (non-hydrogen) atoms. The average molecular weight is 453 g/mol. The van der Waals surface area contributed by atoms with Gasteiger partial charge in [0, 0.05) is 30.2 Å². The fourth-order valence-electron chi connectivity index (χ4n) is 3.70. The molecule has 0 unspecified atom stereocenters. The summed E-state index contributed by atoms with van der Waals surface area (Å²) in [5.41, 5.74) is 7.55. The molecule has 6 nitrogen and oxygen atoms in total. The third-order valence-corrected chi connectivity index (χ3v) is 5.50. The average Bonchev–Trinajstić information content (AvgIpc) is 2.74. The number of nitrogens with one attached hydrogen (secondary N) is 1. The van der Waals surface area contributed by atoms with Crippen LogP contribution in [0.25, 0.3) is 10.9 Å². The number of fused-ring (bicyclic) bond motifs is 1. The Morgan fingerprint density at radius 1 is 1.10 bits per heavy atom. The van der Waals surface area contributed by atoms with Gasteiger partial charge in [-0.1, -0.05) is 12.1 Å². The predicted molar refractivity (Wildman–Crippen MR) is 117 cm³/mol. The fourth-order valence-corrected chi connectivity index (χ4v) is 3.70. The Hall–Kier alpha value is -2.65. The highest BCUT2D eigenvalue weighted by molar-refractivity contribution is 5.91. The van der Waals surface area contributed by atoms with Crippen molar-refractivity contribution in [2.45, 2.75) is 38.0 Å². The zero-order valence-electron chi connectivity index (χ0n) is 16.9. The highest BCUT2D eigenvalue weighted by Crippen LogP contribution is 2.32. The van der Waals surface area contributed by atoms with E-state index in [1.54, 1.807) is 13.0 Å². The molecule has 0 bridgehead atoms. The first-order valence-electron chi connectivity index (χ1n) is 9.88. The molecule has 1 saturated heterocycles. The van der Waals surface area contributed by atoms with Gasteiger partial charge < -0.3 is 16.0 Å². The highest BCUT2D eigenvalue weighted by Gasteiger charge is 2.30. The minimum absolute atomic E-state index is 0. The number of alkyl halides is 3. The minimum atomic E-state index is -4.38. The van der Waals surface area contributed by atoms with Crippen LogP contribution < -0.4 is 16.0 Å². The summed E-state index contributed by atoms with van der Waals surface area (Å²) in [6, 6.07) is 11.0. The van der Waals surface area contributed by atoms with Crippen molar-refractivity contribution in [2.24, 2.45) is 5.73 Å². The zero-order chi connectivity index (χ0) is 21.3. The van der Waals surface area contributed by atoms with Crippen molar-refractivity contribution in [1.82, 2.24) is 15.4 Å². The largest absolute Gasteiger partial charge is 0.416 e. The Labute approximate surface area is 184 Å². The number of aromatic nitrogens is 3. The summed E-state index contributed by atoms with van der Waals surface area (Å²) in [7, 11) is 0. The quantitative estimate of drug-likeness (QED) is 0.603. The van der Waals surface area contributed by atoms with Gasteiger partial charge in [0.1, 0.15) is 0 Å². The predicted octanol–water partition coefficient (Wildman–Crippen LogP) is 4.57. The lowest BCUT2D eigenvalue weighted by atomic mass is 10.0. The Morgan fingerprint density at radius 3 is 2.55 bits per heavy atom. The van der Waals surface area contributed by atoms with E-state index in [0.717, 1.165) is 49.1 Å². The van der Waals surface area contributed by atoms with Crippen LogP contribution in [0, 0.1) is 0 Å². The smallest absolute Gasteiger partial charge is 0.371 e. The van der Waals surface area contributed by atoms with Crippen molar-refractivity contribution < 1.29 is 13.2 Å². The van der Waals surface area contributed by atoms with Gasteiger partial charge in [0.25, 0.3) is 0 Å². The molecule has 2 heterocycles. The Kier molecular flexibility index (Phi) is 6.86. The highest BCUT2D eigenvalue weighted by atomic mass is 35.5. The molecular weight excluding hydrogens is 429 g/mol. The standard InChI is InChI=1S/C21H23F3N6.ClH/c1-13(14-3-2-4-15(11-14)21(22,23)24)26-20-18-12-17(5-6-19(18)27-29-28-20)30-9-7-16(25)8-10-30;/h2-6,11-13,16H,7-10,25H2,1H3,(H,26,27,28);1H/t13-;/m1./s1. The van der Waals surface area contributed by atoms with E-state index in [9.17, 15) is 13.2 Å². The van der Waals surface area contributed by atoms with Crippen molar-refractivity contribution in [3.05, 3.63) is 53.6 Å². The third-order valence-electron chi connectivity index (χ3n) is 5.50. The van der Waals surface area contributed by atoms with Crippen LogP contribution >= 0.6 is 12.4 Å². The summed E-state index contributed by atoms with van der Waals surface area (Å²) in [5, 5.41) is 16.0. The second-order valence-electron chi connectivity index (χ2n) is 7.65. The van der Waals surface area contributed by atoms with Gasteiger partial charge >= 0.3 is 6.18 Å². The number of hydrogen-bond donors (Lipinski definition) is 2. The molecule has 3 N–H and O–H groups in total. The van der Waals surface area contributed by atoms with Gasteiger partial charge in [-0.15, -0.1) is 22.6 Å². The number of halogens is 4. The van der Waals surface area contributed by atoms with E-state index >= 15 is 0 Å². The van der Waals surface area contributed by atoms with E-state index < -0.39 is 17.8 Å². The lowest BCUT2D eigenvalue weighted by Gasteiger charge is -2.32. The second kappa shape index (κ2) is 9.23. The number of piperidine rings is 1. The SMILES string of the molecule is C[C@@H](Nc1nnnc2ccc(N3CCC(N)CC3)cc12)c1cccc(C(F)(F)F)c1.Cl. The van der Waals surface area contributed by atoms with E-state index in [-0.39, 0.29) is 18.4 Å². The Balaban J connectivity index is 0.00000272. The zero-order valence-corrected chi connectivity index (χ0v) is 17.7. The van der Waals surface area contributed by atoms with Crippen molar-refractivity contribution in [3.8, 4) is 0 Å². The number of rotatable bonds is 4. The summed E-state index contributed by atoms with van der Waals surface area (Å²) in [6.07, 6.45) is -2.52. The topological polar surface area (TPSA) is 80.0 Å². The maximum absolute atomic E-state index is 13.0. The van der Waals surface area contributed by atoms with E-state index in [2.05, 4.69) is 25.6 Å². The van der Waals surface area contributed by atoms with Crippen LogP contribution in [0.5, 0.6) is 0 Å². The molecule has 1 aliphatic heterocycles. The summed E-state index contributed by atoms with van der Waals surface area (Å²) in [6.45, 7) is 3.54. The third kappa shape index (κ3) is 5.16. The van der Waals surface area contributed by atoms with E-state index in [4.69, 9.17) is 5.73 Å². The monoisotopic (exact) mass is 452 g/mol. The number of nitrogens with two attached hydrogens (primary N) is 1. The van der Waals surface area contributed by atoms with Gasteiger partial charge in [0.15, 0.2) is 5.82 Å². The maximum atomic E-state index is 13.0. The molecular formula is C21H24ClF3N6. The van der Waals surface area contributed by atoms with Crippen LogP contribution in [0.2, 0.25) is 0 Å². The molecule has 1 atom stereocenters. The van der Waals surface area contributed by atoms with Crippen LogP contribution in [-0.4, -0.2) is 34.5 Å². The van der Waals surface area contributed by atoms with Crippen LogP contribution in [0.1, 0.15) is 36.9 Å². The van der Waals surface area contributed by atoms with Crippen molar-refractivity contribution in [2.75, 3.05) is 23.3 Å². The van der Waals surface area contributed by atoms with Crippen LogP contribution in [0.4, 0.5) is 24.7 Å². The molecule has 0 spiro atoms. The second-order valence-corrected chi connectivity index (χ2v) is 7.65. The molecule has 0 saturated carbocycles. The molecule has 0 amide bonds. The first-order valence-corrected chi connectivity index (χ1v) is 9.88. The molecule has 0 aliphatic carbocycles. The van der Waals surface area contributed by atoms with Crippen molar-refractivity contribution >= 4 is 34.8 Å². The lowest BCUT2D eigenvalue weighted by molar-refractivity contribution is -0.137. The molecule has 2 aromatic carbocycles. The number of nitrogens with zero attached hydrogens (tertiary/aromatic N) is 4. The van der Waals surface area contributed by atoms with Crippen LogP contribution in [0.3, 0.4) is 0 Å². The van der Waals surface area contributed by atoms with Gasteiger partial charge in [0.2, 0.25) is 0 Å². The van der Waals surface area contributed by atoms with Gasteiger partial charge in [-0.3, -0.25) is 0 Å². The first kappa shape index (κ1) is 23.0. The van der Waals surface area contributed by atoms with E-state index in [1.807, 2.05) is 18.2 Å². The normalized spacial score (nSPS) is 16.1. The molecule has 0 radical (unpaired) electrons. The number of benzene rings is 2. The Morgan fingerprint density at radius 2 is 1.84 bits per heavy atom. The van der Waals surface area contributed by atoms with E-state index in [0.29, 0.717) is 16.9 Å². The maximum Gasteiger partial charge on any atom is 0.416 e. The summed E-state index contributed by atoms with van der Waals surface area (Å²) < 4.78 is 39.1. The summed E-state index contributed by atoms with van der Waals surface area (Å²) in [4.78, 5) is 2.27. The molecule has 1 aromatic heterocycles. The summed E-state index contributed by atoms with van der Waals surface area (Å²) >= 11 is 0. The first-order chi connectivity index (χ1) is 14.3. The lowest BCUT2D eigenvalue weighted by Crippen LogP contribution is -2.39. The fraction of sp³-hybridized carbons (Fsp3) is 0.381. The minimum Gasteiger partial charge on any atom is -0.371 e.